The van der Waals surface area contributed by atoms with Gasteiger partial charge in [0.15, 0.2) is 0 Å². The maximum atomic E-state index is 10.7. The fraction of sp³-hybridized carbons (Fsp3) is 0.500. The van der Waals surface area contributed by atoms with Gasteiger partial charge in [-0.05, 0) is 44.0 Å². The normalized spacial score (nSPS) is 15.5. The molecular weight excluding hydrogens is 421 g/mol. The number of hydrogen-bond donors (Lipinski definition) is 2. The third-order valence-corrected chi connectivity index (χ3v) is 5.31. The van der Waals surface area contributed by atoms with Crippen LogP contribution in [0.4, 0.5) is 13.2 Å². The number of fused-ring (bicyclic) bond motifs is 1. The highest BCUT2D eigenvalue weighted by molar-refractivity contribution is 7.86. The second kappa shape index (κ2) is 10.3. The Balaban J connectivity index is 0.000000343. The molecule has 0 radical (unpaired) electrons. The van der Waals surface area contributed by atoms with Gasteiger partial charge in [-0.2, -0.15) is 21.6 Å². The van der Waals surface area contributed by atoms with Crippen LogP contribution in [0.2, 0.25) is 0 Å². The van der Waals surface area contributed by atoms with E-state index in [1.54, 1.807) is 0 Å². The fourth-order valence-electron chi connectivity index (χ4n) is 3.17. The number of aromatic nitrogens is 1. The Hall–Kier alpha value is -2.04. The van der Waals surface area contributed by atoms with Gasteiger partial charge in [0.2, 0.25) is 0 Å². The Kier molecular flexibility index (Phi) is 8.34. The minimum atomic E-state index is -5.84. The first-order chi connectivity index (χ1) is 14.1. The first-order valence-corrected chi connectivity index (χ1v) is 11.2. The zero-order valence-electron chi connectivity index (χ0n) is 17.0. The smallest absolute Gasteiger partial charge is 0.494 e. The van der Waals surface area contributed by atoms with Gasteiger partial charge in [-0.1, -0.05) is 19.4 Å². The third-order valence-electron chi connectivity index (χ3n) is 4.72. The molecule has 0 amide bonds. The predicted octanol–water partition coefficient (Wildman–Crippen LogP) is 4.85. The van der Waals surface area contributed by atoms with E-state index in [2.05, 4.69) is 47.3 Å². The van der Waals surface area contributed by atoms with E-state index in [9.17, 15) is 13.2 Å². The van der Waals surface area contributed by atoms with Gasteiger partial charge in [-0.3, -0.25) is 9.45 Å². The summed E-state index contributed by atoms with van der Waals surface area (Å²) in [6, 6.07) is 6.34. The molecule has 168 valence electrons. The molecule has 1 aromatic heterocycles. The summed E-state index contributed by atoms with van der Waals surface area (Å²) in [5.41, 5.74) is -1.54. The van der Waals surface area contributed by atoms with Gasteiger partial charge in [0.1, 0.15) is 5.75 Å². The number of H-pyrrole nitrogens is 1. The molecule has 2 N–H and O–H groups in total. The number of rotatable bonds is 6. The van der Waals surface area contributed by atoms with Crippen molar-refractivity contribution in [3.8, 4) is 5.75 Å². The van der Waals surface area contributed by atoms with Crippen LogP contribution in [0, 0.1) is 0 Å². The predicted molar refractivity (Wildman–Crippen MR) is 111 cm³/mol. The molecule has 6 nitrogen and oxygen atoms in total. The van der Waals surface area contributed by atoms with E-state index in [1.807, 2.05) is 6.92 Å². The maximum Gasteiger partial charge on any atom is 0.522 e. The SMILES string of the molecule is CCCCN1CC=C(c2c[nH]c3cc(OCC)ccc23)CC1.O=S(=O)(O)C(F)(F)F. The summed E-state index contributed by atoms with van der Waals surface area (Å²) < 4.78 is 63.1. The minimum Gasteiger partial charge on any atom is -0.494 e. The lowest BCUT2D eigenvalue weighted by Crippen LogP contribution is -2.29. The van der Waals surface area contributed by atoms with Crippen LogP contribution in [0.1, 0.15) is 38.7 Å². The highest BCUT2D eigenvalue weighted by Crippen LogP contribution is 2.31. The molecule has 0 fully saturated rings. The molecule has 3 rings (SSSR count). The van der Waals surface area contributed by atoms with Crippen LogP contribution in [0.5, 0.6) is 5.75 Å². The van der Waals surface area contributed by atoms with Crippen molar-refractivity contribution >= 4 is 26.6 Å². The van der Waals surface area contributed by atoms with Gasteiger partial charge < -0.3 is 9.72 Å². The van der Waals surface area contributed by atoms with Crippen LogP contribution in [-0.2, 0) is 10.1 Å². The Labute approximate surface area is 174 Å². The molecule has 0 aliphatic carbocycles. The molecule has 10 heteroatoms. The van der Waals surface area contributed by atoms with Crippen molar-refractivity contribution in [2.24, 2.45) is 0 Å². The van der Waals surface area contributed by atoms with Crippen LogP contribution in [0.25, 0.3) is 16.5 Å². The number of hydrogen-bond acceptors (Lipinski definition) is 4. The summed E-state index contributed by atoms with van der Waals surface area (Å²) in [5, 5.41) is 1.30. The van der Waals surface area contributed by atoms with E-state index in [1.165, 1.54) is 42.5 Å². The molecule has 0 saturated heterocycles. The van der Waals surface area contributed by atoms with Gasteiger partial charge >= 0.3 is 15.6 Å². The molecule has 0 unspecified atom stereocenters. The molecule has 1 aromatic carbocycles. The molecule has 1 aliphatic rings. The third kappa shape index (κ3) is 6.48. The first kappa shape index (κ1) is 24.2. The Bertz CT molecular complexity index is 968. The van der Waals surface area contributed by atoms with Crippen molar-refractivity contribution in [3.05, 3.63) is 36.0 Å². The molecule has 0 atom stereocenters. The lowest BCUT2D eigenvalue weighted by molar-refractivity contribution is -0.0510. The Morgan fingerprint density at radius 1 is 1.27 bits per heavy atom. The number of unbranched alkanes of at least 4 members (excludes halogenated alkanes) is 1. The van der Waals surface area contributed by atoms with Gasteiger partial charge in [-0.15, -0.1) is 0 Å². The fourth-order valence-corrected chi connectivity index (χ4v) is 3.17. The number of alkyl halides is 3. The van der Waals surface area contributed by atoms with Crippen LogP contribution in [0.3, 0.4) is 0 Å². The topological polar surface area (TPSA) is 82.6 Å². The Morgan fingerprint density at radius 3 is 2.50 bits per heavy atom. The molecule has 0 bridgehead atoms. The molecule has 30 heavy (non-hydrogen) atoms. The largest absolute Gasteiger partial charge is 0.522 e. The average molecular weight is 449 g/mol. The van der Waals surface area contributed by atoms with Gasteiger partial charge in [0.25, 0.3) is 0 Å². The van der Waals surface area contributed by atoms with E-state index in [4.69, 9.17) is 17.7 Å². The van der Waals surface area contributed by atoms with Crippen LogP contribution in [-0.4, -0.2) is 54.6 Å². The monoisotopic (exact) mass is 448 g/mol. The van der Waals surface area contributed by atoms with Crippen molar-refractivity contribution < 1.29 is 30.9 Å². The number of nitrogens with zero attached hydrogens (tertiary/aromatic N) is 1. The van der Waals surface area contributed by atoms with Crippen molar-refractivity contribution in [2.45, 2.75) is 38.6 Å². The van der Waals surface area contributed by atoms with E-state index >= 15 is 0 Å². The number of nitrogens with one attached hydrogen (secondary N) is 1. The number of aromatic amines is 1. The van der Waals surface area contributed by atoms with Gasteiger partial charge in [0, 0.05) is 41.8 Å². The summed E-state index contributed by atoms with van der Waals surface area (Å²) >= 11 is 0. The zero-order chi connectivity index (χ0) is 22.4. The van der Waals surface area contributed by atoms with Crippen LogP contribution < -0.4 is 4.74 Å². The summed E-state index contributed by atoms with van der Waals surface area (Å²) in [4.78, 5) is 5.95. The van der Waals surface area contributed by atoms with Crippen molar-refractivity contribution in [2.75, 3.05) is 26.2 Å². The number of halogens is 3. The quantitative estimate of drug-likeness (QED) is 0.488. The molecular formula is C20H27F3N2O4S. The van der Waals surface area contributed by atoms with E-state index in [0.717, 1.165) is 24.2 Å². The first-order valence-electron chi connectivity index (χ1n) is 9.76. The van der Waals surface area contributed by atoms with Crippen molar-refractivity contribution in [1.82, 2.24) is 9.88 Å². The van der Waals surface area contributed by atoms with Crippen molar-refractivity contribution in [1.29, 1.82) is 0 Å². The zero-order valence-corrected chi connectivity index (χ0v) is 17.8. The number of ether oxygens (including phenoxy) is 1. The van der Waals surface area contributed by atoms with Gasteiger partial charge in [0.05, 0.1) is 6.61 Å². The lowest BCUT2D eigenvalue weighted by atomic mass is 9.99. The molecule has 2 aromatic rings. The standard InChI is InChI=1S/C19H26N2O.CHF3O3S/c1-3-5-10-21-11-8-15(9-12-21)18-14-20-19-13-16(22-4-2)6-7-17(18)19;2-1(3,4)8(5,6)7/h6-8,13-14,20H,3-5,9-12H2,1-2H3;(H,5,6,7). The average Bonchev–Trinajstić information content (AvgIpc) is 3.09. The molecule has 2 heterocycles. The van der Waals surface area contributed by atoms with Crippen LogP contribution in [0.15, 0.2) is 30.5 Å². The van der Waals surface area contributed by atoms with E-state index < -0.39 is 15.6 Å². The number of benzene rings is 1. The summed E-state index contributed by atoms with van der Waals surface area (Å²) in [7, 11) is -5.84. The van der Waals surface area contributed by atoms with Crippen molar-refractivity contribution in [3.63, 3.8) is 0 Å². The molecule has 0 saturated carbocycles. The summed E-state index contributed by atoms with van der Waals surface area (Å²) in [6.07, 6.45) is 8.27. The van der Waals surface area contributed by atoms with Gasteiger partial charge in [-0.25, -0.2) is 0 Å². The minimum absolute atomic E-state index is 0.706. The maximum absolute atomic E-state index is 10.7. The van der Waals surface area contributed by atoms with E-state index in [0.29, 0.717) is 6.61 Å². The second-order valence-electron chi connectivity index (χ2n) is 6.90. The molecule has 0 spiro atoms. The second-order valence-corrected chi connectivity index (χ2v) is 8.31. The molecule has 1 aliphatic heterocycles. The summed E-state index contributed by atoms with van der Waals surface area (Å²) in [5.74, 6) is 0.937. The highest BCUT2D eigenvalue weighted by Gasteiger charge is 2.44. The van der Waals surface area contributed by atoms with Crippen LogP contribution >= 0.6 is 0 Å². The lowest BCUT2D eigenvalue weighted by Gasteiger charge is -2.26. The summed E-state index contributed by atoms with van der Waals surface area (Å²) in [6.45, 7) is 8.47. The van der Waals surface area contributed by atoms with E-state index in [-0.39, 0.29) is 0 Å². The Morgan fingerprint density at radius 2 is 1.97 bits per heavy atom. The highest BCUT2D eigenvalue weighted by atomic mass is 32.2.